The highest BCUT2D eigenvalue weighted by atomic mass is 35.5. The van der Waals surface area contributed by atoms with Crippen molar-refractivity contribution in [2.75, 3.05) is 33.4 Å². The summed E-state index contributed by atoms with van der Waals surface area (Å²) in [6, 6.07) is 5.10. The van der Waals surface area contributed by atoms with Gasteiger partial charge >= 0.3 is 5.97 Å². The molecular weight excluding hydrogens is 356 g/mol. The number of hydrogen-bond acceptors (Lipinski definition) is 5. The van der Waals surface area contributed by atoms with Crippen LogP contribution in [0.5, 0.6) is 5.75 Å². The molecule has 2 aliphatic rings. The summed E-state index contributed by atoms with van der Waals surface area (Å²) in [4.78, 5) is 26.7. The van der Waals surface area contributed by atoms with Crippen LogP contribution in [0.3, 0.4) is 0 Å². The molecule has 7 heteroatoms. The number of benzene rings is 1. The molecule has 1 aliphatic carbocycles. The van der Waals surface area contributed by atoms with Gasteiger partial charge in [0.15, 0.2) is 0 Å². The SMILES string of the molecule is COC(=O)c1cc(OCC2CCC2)cc(C(=O)N2CCNC[C@H]2C)c1.Cl. The first-order valence-electron chi connectivity index (χ1n) is 8.96. The van der Waals surface area contributed by atoms with Crippen molar-refractivity contribution < 1.29 is 19.1 Å². The largest absolute Gasteiger partial charge is 0.493 e. The first-order chi connectivity index (χ1) is 12.1. The zero-order chi connectivity index (χ0) is 17.8. The van der Waals surface area contributed by atoms with E-state index < -0.39 is 5.97 Å². The maximum atomic E-state index is 12.9. The quantitative estimate of drug-likeness (QED) is 0.792. The fourth-order valence-electron chi connectivity index (χ4n) is 3.22. The molecule has 0 radical (unpaired) electrons. The van der Waals surface area contributed by atoms with E-state index in [1.165, 1.54) is 26.4 Å². The molecule has 1 amide bonds. The molecule has 1 saturated carbocycles. The molecule has 144 valence electrons. The maximum Gasteiger partial charge on any atom is 0.338 e. The smallest absolute Gasteiger partial charge is 0.338 e. The van der Waals surface area contributed by atoms with Gasteiger partial charge in [0.1, 0.15) is 5.75 Å². The molecule has 0 spiro atoms. The number of methoxy groups -OCH3 is 1. The molecule has 0 aromatic heterocycles. The average molecular weight is 383 g/mol. The zero-order valence-electron chi connectivity index (χ0n) is 15.3. The van der Waals surface area contributed by atoms with Gasteiger partial charge in [-0.1, -0.05) is 6.42 Å². The Morgan fingerprint density at radius 1 is 1.23 bits per heavy atom. The molecule has 1 N–H and O–H groups in total. The van der Waals surface area contributed by atoms with Gasteiger partial charge in [-0.2, -0.15) is 0 Å². The van der Waals surface area contributed by atoms with E-state index in [4.69, 9.17) is 9.47 Å². The van der Waals surface area contributed by atoms with E-state index in [0.717, 1.165) is 13.1 Å². The van der Waals surface area contributed by atoms with Crippen LogP contribution in [-0.4, -0.2) is 56.2 Å². The minimum absolute atomic E-state index is 0. The first kappa shape index (κ1) is 20.5. The molecule has 1 aromatic rings. The number of nitrogens with one attached hydrogen (secondary N) is 1. The van der Waals surface area contributed by atoms with Gasteiger partial charge in [-0.3, -0.25) is 4.79 Å². The second kappa shape index (κ2) is 9.24. The summed E-state index contributed by atoms with van der Waals surface area (Å²) < 4.78 is 10.7. The molecule has 26 heavy (non-hydrogen) atoms. The molecule has 1 atom stereocenters. The van der Waals surface area contributed by atoms with E-state index in [-0.39, 0.29) is 24.4 Å². The Hall–Kier alpha value is -1.79. The Bertz CT molecular complexity index is 648. The molecule has 0 bridgehead atoms. The fourth-order valence-corrected chi connectivity index (χ4v) is 3.22. The van der Waals surface area contributed by atoms with Crippen molar-refractivity contribution in [1.82, 2.24) is 10.2 Å². The number of hydrogen-bond donors (Lipinski definition) is 1. The van der Waals surface area contributed by atoms with E-state index in [2.05, 4.69) is 5.32 Å². The molecule has 1 saturated heterocycles. The van der Waals surface area contributed by atoms with Crippen LogP contribution in [0.4, 0.5) is 0 Å². The minimum Gasteiger partial charge on any atom is -0.493 e. The molecule has 3 rings (SSSR count). The van der Waals surface area contributed by atoms with Crippen molar-refractivity contribution >= 4 is 24.3 Å². The minimum atomic E-state index is -0.462. The number of carbonyl (C=O) groups is 2. The van der Waals surface area contributed by atoms with E-state index in [9.17, 15) is 9.59 Å². The highest BCUT2D eigenvalue weighted by Crippen LogP contribution is 2.28. The van der Waals surface area contributed by atoms with Crippen molar-refractivity contribution in [3.63, 3.8) is 0 Å². The number of esters is 1. The summed E-state index contributed by atoms with van der Waals surface area (Å²) in [5.74, 6) is 0.597. The van der Waals surface area contributed by atoms with Crippen LogP contribution >= 0.6 is 12.4 Å². The van der Waals surface area contributed by atoms with E-state index >= 15 is 0 Å². The van der Waals surface area contributed by atoms with Gasteiger partial charge in [-0.05, 0) is 43.9 Å². The Morgan fingerprint density at radius 2 is 1.96 bits per heavy atom. The van der Waals surface area contributed by atoms with E-state index in [1.807, 2.05) is 11.8 Å². The predicted molar refractivity (Wildman–Crippen MR) is 101 cm³/mol. The second-order valence-corrected chi connectivity index (χ2v) is 6.90. The highest BCUT2D eigenvalue weighted by Gasteiger charge is 2.26. The summed E-state index contributed by atoms with van der Waals surface area (Å²) in [5, 5.41) is 3.27. The number of halogens is 1. The summed E-state index contributed by atoms with van der Waals surface area (Å²) >= 11 is 0. The predicted octanol–water partition coefficient (Wildman–Crippen LogP) is 2.51. The second-order valence-electron chi connectivity index (χ2n) is 6.90. The first-order valence-corrected chi connectivity index (χ1v) is 8.96. The van der Waals surface area contributed by atoms with Crippen LogP contribution in [0, 0.1) is 5.92 Å². The lowest BCUT2D eigenvalue weighted by atomic mass is 9.86. The summed E-state index contributed by atoms with van der Waals surface area (Å²) in [7, 11) is 1.34. The summed E-state index contributed by atoms with van der Waals surface area (Å²) in [6.07, 6.45) is 3.61. The van der Waals surface area contributed by atoms with E-state index in [1.54, 1.807) is 18.2 Å². The van der Waals surface area contributed by atoms with Crippen LogP contribution in [0.2, 0.25) is 0 Å². The van der Waals surface area contributed by atoms with E-state index in [0.29, 0.717) is 35.9 Å². The normalized spacial score (nSPS) is 19.9. The van der Waals surface area contributed by atoms with Gasteiger partial charge in [0.2, 0.25) is 0 Å². The number of ether oxygens (including phenoxy) is 2. The van der Waals surface area contributed by atoms with Gasteiger partial charge < -0.3 is 19.7 Å². The van der Waals surface area contributed by atoms with Crippen molar-refractivity contribution in [2.45, 2.75) is 32.2 Å². The number of amides is 1. The third-order valence-electron chi connectivity index (χ3n) is 5.05. The lowest BCUT2D eigenvalue weighted by Crippen LogP contribution is -2.52. The van der Waals surface area contributed by atoms with Crippen molar-refractivity contribution in [2.24, 2.45) is 5.92 Å². The number of carbonyl (C=O) groups excluding carboxylic acids is 2. The standard InChI is InChI=1S/C19H26N2O4.ClH/c1-13-11-20-6-7-21(13)18(22)15-8-16(19(23)24-2)10-17(9-15)25-12-14-4-3-5-14;/h8-10,13-14,20H,3-7,11-12H2,1-2H3;1H/t13-;/m1./s1. The third-order valence-corrected chi connectivity index (χ3v) is 5.05. The van der Waals surface area contributed by atoms with Gasteiger partial charge in [0.25, 0.3) is 5.91 Å². The van der Waals surface area contributed by atoms with Gasteiger partial charge in [0.05, 0.1) is 19.3 Å². The molecule has 0 unspecified atom stereocenters. The summed E-state index contributed by atoms with van der Waals surface area (Å²) in [5.41, 5.74) is 0.819. The van der Waals surface area contributed by atoms with Crippen LogP contribution in [0.25, 0.3) is 0 Å². The fraction of sp³-hybridized carbons (Fsp3) is 0.579. The molecular formula is C19H27ClN2O4. The number of rotatable bonds is 5. The van der Waals surface area contributed by atoms with Gasteiger partial charge in [-0.25, -0.2) is 4.79 Å². The molecule has 1 aliphatic heterocycles. The lowest BCUT2D eigenvalue weighted by Gasteiger charge is -2.34. The molecule has 1 heterocycles. The number of nitrogens with zero attached hydrogens (tertiary/aromatic N) is 1. The summed E-state index contributed by atoms with van der Waals surface area (Å²) in [6.45, 7) is 4.84. The average Bonchev–Trinajstić information content (AvgIpc) is 2.59. The van der Waals surface area contributed by atoms with Crippen LogP contribution < -0.4 is 10.1 Å². The Balaban J connectivity index is 0.00000243. The lowest BCUT2D eigenvalue weighted by molar-refractivity contribution is 0.0600. The topological polar surface area (TPSA) is 67.9 Å². The van der Waals surface area contributed by atoms with Gasteiger partial charge in [-0.15, -0.1) is 12.4 Å². The van der Waals surface area contributed by atoms with Crippen LogP contribution in [0.15, 0.2) is 18.2 Å². The number of piperazine rings is 1. The van der Waals surface area contributed by atoms with Gasteiger partial charge in [0, 0.05) is 31.2 Å². The van der Waals surface area contributed by atoms with Crippen LogP contribution in [-0.2, 0) is 4.74 Å². The highest BCUT2D eigenvalue weighted by molar-refractivity contribution is 5.98. The van der Waals surface area contributed by atoms with Crippen LogP contribution in [0.1, 0.15) is 46.9 Å². The maximum absolute atomic E-state index is 12.9. The third kappa shape index (κ3) is 4.68. The van der Waals surface area contributed by atoms with Crippen molar-refractivity contribution in [1.29, 1.82) is 0 Å². The van der Waals surface area contributed by atoms with Crippen molar-refractivity contribution in [3.05, 3.63) is 29.3 Å². The van der Waals surface area contributed by atoms with Crippen molar-refractivity contribution in [3.8, 4) is 5.75 Å². The monoisotopic (exact) mass is 382 g/mol. The zero-order valence-corrected chi connectivity index (χ0v) is 16.1. The Kier molecular flexibility index (Phi) is 7.29. The molecule has 1 aromatic carbocycles. The molecule has 2 fully saturated rings. The molecule has 6 nitrogen and oxygen atoms in total. The Morgan fingerprint density at radius 3 is 2.58 bits per heavy atom. The Labute approximate surface area is 160 Å².